The summed E-state index contributed by atoms with van der Waals surface area (Å²) in [5.41, 5.74) is 0.441. The summed E-state index contributed by atoms with van der Waals surface area (Å²) in [5, 5.41) is 13.6. The smallest absolute Gasteiger partial charge is 0.128 e. The second kappa shape index (κ2) is 4.98. The van der Waals surface area contributed by atoms with Gasteiger partial charge in [0, 0.05) is 0 Å². The highest BCUT2D eigenvalue weighted by Crippen LogP contribution is 2.40. The number of nitrogens with one attached hydrogen (secondary N) is 1. The molecule has 0 spiro atoms. The highest BCUT2D eigenvalue weighted by atomic mass is 35.5. The number of hydrogen-bond donors (Lipinski definition) is 1. The molecule has 2 rings (SSSR count). The van der Waals surface area contributed by atoms with E-state index in [-0.39, 0.29) is 0 Å². The molecule has 0 amide bonds. The molecule has 90 valence electrons. The molecule has 2 atom stereocenters. The Kier molecular flexibility index (Phi) is 3.59. The highest BCUT2D eigenvalue weighted by Gasteiger charge is 2.42. The first-order valence-electron chi connectivity index (χ1n) is 6.16. The van der Waals surface area contributed by atoms with Gasteiger partial charge in [-0.05, 0) is 37.3 Å². The molecule has 0 bridgehead atoms. The van der Waals surface area contributed by atoms with Crippen molar-refractivity contribution in [3.05, 3.63) is 29.3 Å². The SMILES string of the molecule is CCC1CCCC1(C#N)Nc1ccccc1Cl. The molecule has 0 aliphatic heterocycles. The predicted molar refractivity (Wildman–Crippen MR) is 71.1 cm³/mol. The third-order valence-electron chi connectivity index (χ3n) is 3.74. The molecule has 1 fully saturated rings. The van der Waals surface area contributed by atoms with Crippen LogP contribution in [0.25, 0.3) is 0 Å². The summed E-state index contributed by atoms with van der Waals surface area (Å²) >= 11 is 6.14. The van der Waals surface area contributed by atoms with Gasteiger partial charge in [-0.25, -0.2) is 0 Å². The topological polar surface area (TPSA) is 35.8 Å². The Morgan fingerprint density at radius 3 is 2.94 bits per heavy atom. The summed E-state index contributed by atoms with van der Waals surface area (Å²) in [7, 11) is 0. The molecular weight excluding hydrogens is 232 g/mol. The minimum absolute atomic E-state index is 0.420. The van der Waals surface area contributed by atoms with E-state index in [0.717, 1.165) is 31.4 Å². The van der Waals surface area contributed by atoms with Crippen LogP contribution in [0.2, 0.25) is 5.02 Å². The van der Waals surface area contributed by atoms with Crippen molar-refractivity contribution in [2.24, 2.45) is 5.92 Å². The van der Waals surface area contributed by atoms with Crippen LogP contribution in [-0.2, 0) is 0 Å². The summed E-state index contributed by atoms with van der Waals surface area (Å²) < 4.78 is 0. The van der Waals surface area contributed by atoms with Gasteiger partial charge in [-0.2, -0.15) is 5.26 Å². The molecule has 1 saturated carbocycles. The number of halogens is 1. The van der Waals surface area contributed by atoms with Gasteiger partial charge in [0.2, 0.25) is 0 Å². The number of hydrogen-bond acceptors (Lipinski definition) is 2. The molecule has 0 heterocycles. The summed E-state index contributed by atoms with van der Waals surface area (Å²) in [5.74, 6) is 0.420. The Morgan fingerprint density at radius 2 is 2.29 bits per heavy atom. The van der Waals surface area contributed by atoms with Crippen molar-refractivity contribution in [3.63, 3.8) is 0 Å². The molecular formula is C14H17ClN2. The highest BCUT2D eigenvalue weighted by molar-refractivity contribution is 6.33. The first-order valence-corrected chi connectivity index (χ1v) is 6.53. The van der Waals surface area contributed by atoms with E-state index in [0.29, 0.717) is 10.9 Å². The standard InChI is InChI=1S/C14H17ClN2/c1-2-11-6-5-9-14(11,10-16)17-13-8-4-3-7-12(13)15/h3-4,7-8,11,17H,2,5-6,9H2,1H3. The van der Waals surface area contributed by atoms with E-state index in [4.69, 9.17) is 11.6 Å². The Hall–Kier alpha value is -1.20. The number of nitriles is 1. The van der Waals surface area contributed by atoms with Crippen LogP contribution in [-0.4, -0.2) is 5.54 Å². The number of anilines is 1. The number of benzene rings is 1. The lowest BCUT2D eigenvalue weighted by Gasteiger charge is -2.30. The van der Waals surface area contributed by atoms with Crippen LogP contribution in [0.1, 0.15) is 32.6 Å². The van der Waals surface area contributed by atoms with Gasteiger partial charge in [0.05, 0.1) is 16.8 Å². The van der Waals surface area contributed by atoms with Crippen molar-refractivity contribution in [1.82, 2.24) is 0 Å². The third kappa shape index (κ3) is 2.25. The Labute approximate surface area is 108 Å². The average Bonchev–Trinajstić information content (AvgIpc) is 2.75. The molecule has 1 aromatic rings. The predicted octanol–water partition coefficient (Wildman–Crippen LogP) is 4.22. The van der Waals surface area contributed by atoms with E-state index >= 15 is 0 Å². The van der Waals surface area contributed by atoms with Crippen LogP contribution in [0, 0.1) is 17.2 Å². The maximum absolute atomic E-state index is 9.51. The third-order valence-corrected chi connectivity index (χ3v) is 4.07. The van der Waals surface area contributed by atoms with Crippen molar-refractivity contribution in [3.8, 4) is 6.07 Å². The van der Waals surface area contributed by atoms with Crippen LogP contribution >= 0.6 is 11.6 Å². The molecule has 2 unspecified atom stereocenters. The van der Waals surface area contributed by atoms with Gasteiger partial charge in [-0.3, -0.25) is 0 Å². The molecule has 0 aromatic heterocycles. The van der Waals surface area contributed by atoms with Crippen LogP contribution in [0.15, 0.2) is 24.3 Å². The van der Waals surface area contributed by atoms with Gasteiger partial charge < -0.3 is 5.32 Å². The van der Waals surface area contributed by atoms with Crippen LogP contribution < -0.4 is 5.32 Å². The Balaban J connectivity index is 2.27. The zero-order valence-corrected chi connectivity index (χ0v) is 10.8. The van der Waals surface area contributed by atoms with Gasteiger partial charge in [0.15, 0.2) is 0 Å². The second-order valence-electron chi connectivity index (χ2n) is 4.69. The van der Waals surface area contributed by atoms with E-state index in [1.165, 1.54) is 0 Å². The minimum atomic E-state index is -0.431. The summed E-state index contributed by atoms with van der Waals surface area (Å²) in [4.78, 5) is 0. The number of rotatable bonds is 3. The van der Waals surface area contributed by atoms with E-state index in [9.17, 15) is 5.26 Å². The van der Waals surface area contributed by atoms with Crippen LogP contribution in [0.4, 0.5) is 5.69 Å². The van der Waals surface area contributed by atoms with Crippen LogP contribution in [0.5, 0.6) is 0 Å². The van der Waals surface area contributed by atoms with Crippen molar-refractivity contribution in [2.45, 2.75) is 38.1 Å². The second-order valence-corrected chi connectivity index (χ2v) is 5.09. The van der Waals surface area contributed by atoms with Crippen LogP contribution in [0.3, 0.4) is 0 Å². The van der Waals surface area contributed by atoms with E-state index in [1.54, 1.807) is 0 Å². The minimum Gasteiger partial charge on any atom is -0.366 e. The first-order chi connectivity index (χ1) is 8.22. The lowest BCUT2D eigenvalue weighted by atomic mass is 9.86. The Morgan fingerprint density at radius 1 is 1.53 bits per heavy atom. The first kappa shape index (κ1) is 12.3. The van der Waals surface area contributed by atoms with Gasteiger partial charge >= 0.3 is 0 Å². The molecule has 17 heavy (non-hydrogen) atoms. The number of nitrogens with zero attached hydrogens (tertiary/aromatic N) is 1. The molecule has 2 nitrogen and oxygen atoms in total. The van der Waals surface area contributed by atoms with Gasteiger partial charge in [-0.15, -0.1) is 0 Å². The summed E-state index contributed by atoms with van der Waals surface area (Å²) in [6, 6.07) is 10.1. The van der Waals surface area contributed by atoms with Crippen molar-refractivity contribution in [1.29, 1.82) is 5.26 Å². The lowest BCUT2D eigenvalue weighted by Crippen LogP contribution is -2.40. The van der Waals surface area contributed by atoms with Gasteiger partial charge in [-0.1, -0.05) is 37.1 Å². The van der Waals surface area contributed by atoms with Gasteiger partial charge in [0.25, 0.3) is 0 Å². The number of para-hydroxylation sites is 1. The zero-order chi connectivity index (χ0) is 12.3. The maximum Gasteiger partial charge on any atom is 0.128 e. The normalized spacial score (nSPS) is 27.7. The fourth-order valence-corrected chi connectivity index (χ4v) is 2.96. The van der Waals surface area contributed by atoms with E-state index in [1.807, 2.05) is 24.3 Å². The van der Waals surface area contributed by atoms with Crippen molar-refractivity contribution in [2.75, 3.05) is 5.32 Å². The Bertz CT molecular complexity index is 438. The zero-order valence-electron chi connectivity index (χ0n) is 10.0. The summed E-state index contributed by atoms with van der Waals surface area (Å²) in [6.45, 7) is 2.15. The maximum atomic E-state index is 9.51. The fourth-order valence-electron chi connectivity index (χ4n) is 2.77. The molecule has 3 heteroatoms. The fraction of sp³-hybridized carbons (Fsp3) is 0.500. The molecule has 1 N–H and O–H groups in total. The van der Waals surface area contributed by atoms with E-state index in [2.05, 4.69) is 18.3 Å². The average molecular weight is 249 g/mol. The molecule has 0 radical (unpaired) electrons. The lowest BCUT2D eigenvalue weighted by molar-refractivity contribution is 0.414. The molecule has 1 aromatic carbocycles. The van der Waals surface area contributed by atoms with E-state index < -0.39 is 5.54 Å². The quantitative estimate of drug-likeness (QED) is 0.869. The molecule has 0 saturated heterocycles. The monoisotopic (exact) mass is 248 g/mol. The summed E-state index contributed by atoms with van der Waals surface area (Å²) in [6.07, 6.45) is 4.18. The molecule has 1 aliphatic rings. The molecule has 1 aliphatic carbocycles. The largest absolute Gasteiger partial charge is 0.366 e. The van der Waals surface area contributed by atoms with Crippen molar-refractivity contribution < 1.29 is 0 Å². The van der Waals surface area contributed by atoms with Crippen molar-refractivity contribution >= 4 is 17.3 Å². The van der Waals surface area contributed by atoms with Gasteiger partial charge in [0.1, 0.15) is 5.54 Å².